The van der Waals surface area contributed by atoms with E-state index in [0.29, 0.717) is 12.2 Å². The van der Waals surface area contributed by atoms with Gasteiger partial charge in [0.05, 0.1) is 7.11 Å². The van der Waals surface area contributed by atoms with Gasteiger partial charge in [-0.2, -0.15) is 0 Å². The molecule has 4 aromatic rings. The quantitative estimate of drug-likeness (QED) is 0.444. The van der Waals surface area contributed by atoms with Crippen molar-refractivity contribution in [1.82, 2.24) is 15.5 Å². The molecule has 0 aliphatic carbocycles. The van der Waals surface area contributed by atoms with Crippen molar-refractivity contribution < 1.29 is 9.53 Å². The highest BCUT2D eigenvalue weighted by atomic mass is 16.5. The number of anilines is 2. The topological polar surface area (TPSA) is 70.6 Å². The SMILES string of the molecule is COc1ccc(N2CCN(c3nnc(C(=O)NCCc4ccccc4)c4ccccc34)CC2)cc1. The van der Waals surface area contributed by atoms with E-state index in [-0.39, 0.29) is 5.91 Å². The zero-order valence-electron chi connectivity index (χ0n) is 19.9. The molecule has 35 heavy (non-hydrogen) atoms. The number of aromatic nitrogens is 2. The largest absolute Gasteiger partial charge is 0.497 e. The van der Waals surface area contributed by atoms with Crippen LogP contribution in [0.25, 0.3) is 10.8 Å². The molecule has 3 aromatic carbocycles. The molecular weight excluding hydrogens is 438 g/mol. The first kappa shape index (κ1) is 22.7. The lowest BCUT2D eigenvalue weighted by Gasteiger charge is -2.37. The van der Waals surface area contributed by atoms with E-state index in [9.17, 15) is 4.79 Å². The molecule has 1 aliphatic rings. The fourth-order valence-corrected chi connectivity index (χ4v) is 4.51. The summed E-state index contributed by atoms with van der Waals surface area (Å²) in [5, 5.41) is 13.7. The van der Waals surface area contributed by atoms with Gasteiger partial charge in [0, 0.05) is 49.2 Å². The molecule has 1 amide bonds. The van der Waals surface area contributed by atoms with Crippen molar-refractivity contribution in [3.63, 3.8) is 0 Å². The number of fused-ring (bicyclic) bond motifs is 1. The third kappa shape index (κ3) is 5.04. The van der Waals surface area contributed by atoms with Crippen LogP contribution in [0.1, 0.15) is 16.1 Å². The van der Waals surface area contributed by atoms with E-state index in [0.717, 1.165) is 54.9 Å². The van der Waals surface area contributed by atoms with Crippen LogP contribution in [0.2, 0.25) is 0 Å². The average Bonchev–Trinajstić information content (AvgIpc) is 2.93. The second-order valence-electron chi connectivity index (χ2n) is 8.58. The summed E-state index contributed by atoms with van der Waals surface area (Å²) >= 11 is 0. The second-order valence-corrected chi connectivity index (χ2v) is 8.58. The first-order valence-electron chi connectivity index (χ1n) is 11.9. The van der Waals surface area contributed by atoms with Crippen LogP contribution in [0.4, 0.5) is 11.5 Å². The van der Waals surface area contributed by atoms with Crippen LogP contribution in [0.15, 0.2) is 78.9 Å². The van der Waals surface area contributed by atoms with Crippen LogP contribution in [0, 0.1) is 0 Å². The zero-order chi connectivity index (χ0) is 24.0. The highest BCUT2D eigenvalue weighted by Crippen LogP contribution is 2.28. The van der Waals surface area contributed by atoms with Gasteiger partial charge in [0.15, 0.2) is 11.5 Å². The Morgan fingerprint density at radius 2 is 1.49 bits per heavy atom. The van der Waals surface area contributed by atoms with Gasteiger partial charge in [-0.05, 0) is 36.2 Å². The summed E-state index contributed by atoms with van der Waals surface area (Å²) in [5.41, 5.74) is 2.74. The van der Waals surface area contributed by atoms with Crippen LogP contribution in [-0.4, -0.2) is 55.9 Å². The lowest BCUT2D eigenvalue weighted by Crippen LogP contribution is -2.47. The third-order valence-electron chi connectivity index (χ3n) is 6.44. The Bertz CT molecular complexity index is 1290. The Labute approximate surface area is 205 Å². The summed E-state index contributed by atoms with van der Waals surface area (Å²) in [5.74, 6) is 1.50. The van der Waals surface area contributed by atoms with E-state index < -0.39 is 0 Å². The number of hydrogen-bond acceptors (Lipinski definition) is 6. The number of methoxy groups -OCH3 is 1. The Hall–Kier alpha value is -4.13. The Morgan fingerprint density at radius 1 is 0.829 bits per heavy atom. The Morgan fingerprint density at radius 3 is 2.20 bits per heavy atom. The average molecular weight is 468 g/mol. The summed E-state index contributed by atoms with van der Waals surface area (Å²) in [6, 6.07) is 26.2. The minimum absolute atomic E-state index is 0.194. The minimum Gasteiger partial charge on any atom is -0.497 e. The van der Waals surface area contributed by atoms with Gasteiger partial charge in [0.2, 0.25) is 0 Å². The lowest BCUT2D eigenvalue weighted by molar-refractivity contribution is 0.0950. The molecule has 1 saturated heterocycles. The summed E-state index contributed by atoms with van der Waals surface area (Å²) in [6.45, 7) is 3.96. The van der Waals surface area contributed by atoms with Crippen molar-refractivity contribution in [3.8, 4) is 5.75 Å². The number of nitrogens with zero attached hydrogens (tertiary/aromatic N) is 4. The summed E-state index contributed by atoms with van der Waals surface area (Å²) in [6.07, 6.45) is 0.772. The number of amides is 1. The van der Waals surface area contributed by atoms with Crippen LogP contribution in [0.3, 0.4) is 0 Å². The highest BCUT2D eigenvalue weighted by Gasteiger charge is 2.23. The lowest BCUT2D eigenvalue weighted by atomic mass is 10.1. The van der Waals surface area contributed by atoms with Crippen molar-refractivity contribution in [1.29, 1.82) is 0 Å². The predicted octanol–water partition coefficient (Wildman–Crippen LogP) is 3.94. The molecule has 0 saturated carbocycles. The molecule has 1 fully saturated rings. The Balaban J connectivity index is 1.28. The molecular formula is C28H29N5O2. The number of nitrogens with one attached hydrogen (secondary N) is 1. The van der Waals surface area contributed by atoms with Crippen LogP contribution >= 0.6 is 0 Å². The summed E-state index contributed by atoms with van der Waals surface area (Å²) < 4.78 is 5.27. The number of carbonyl (C=O) groups is 1. The van der Waals surface area contributed by atoms with E-state index in [4.69, 9.17) is 4.74 Å². The molecule has 1 aromatic heterocycles. The van der Waals surface area contributed by atoms with Gasteiger partial charge in [-0.15, -0.1) is 10.2 Å². The van der Waals surface area contributed by atoms with E-state index >= 15 is 0 Å². The number of benzene rings is 3. The molecule has 2 heterocycles. The standard InChI is InChI=1S/C28H29N5O2/c1-35-23-13-11-22(12-14-23)32-17-19-33(20-18-32)27-25-10-6-5-9-24(25)26(30-31-27)28(34)29-16-15-21-7-3-2-4-8-21/h2-14H,15-20H2,1H3,(H,29,34). The highest BCUT2D eigenvalue weighted by molar-refractivity contribution is 6.07. The van der Waals surface area contributed by atoms with Gasteiger partial charge in [-0.3, -0.25) is 4.79 Å². The van der Waals surface area contributed by atoms with Gasteiger partial charge < -0.3 is 19.9 Å². The maximum atomic E-state index is 12.9. The van der Waals surface area contributed by atoms with Crippen molar-refractivity contribution in [3.05, 3.63) is 90.1 Å². The van der Waals surface area contributed by atoms with Crippen LogP contribution in [0.5, 0.6) is 5.75 Å². The first-order chi connectivity index (χ1) is 17.2. The maximum absolute atomic E-state index is 12.9. The van der Waals surface area contributed by atoms with E-state index in [1.807, 2.05) is 54.6 Å². The van der Waals surface area contributed by atoms with E-state index in [1.54, 1.807) is 7.11 Å². The Kier molecular flexibility index (Phi) is 6.75. The van der Waals surface area contributed by atoms with Gasteiger partial charge in [0.25, 0.3) is 5.91 Å². The minimum atomic E-state index is -0.194. The predicted molar refractivity (Wildman–Crippen MR) is 139 cm³/mol. The first-order valence-corrected chi connectivity index (χ1v) is 11.9. The van der Waals surface area contributed by atoms with Crippen molar-refractivity contribution in [2.24, 2.45) is 0 Å². The number of hydrogen-bond donors (Lipinski definition) is 1. The number of carbonyl (C=O) groups excluding carboxylic acids is 1. The van der Waals surface area contributed by atoms with E-state index in [2.05, 4.69) is 49.6 Å². The van der Waals surface area contributed by atoms with Gasteiger partial charge in [-0.25, -0.2) is 0 Å². The van der Waals surface area contributed by atoms with E-state index in [1.165, 1.54) is 11.3 Å². The third-order valence-corrected chi connectivity index (χ3v) is 6.44. The summed E-state index contributed by atoms with van der Waals surface area (Å²) in [4.78, 5) is 17.6. The molecule has 0 bridgehead atoms. The van der Waals surface area contributed by atoms with Crippen molar-refractivity contribution in [2.75, 3.05) is 49.6 Å². The van der Waals surface area contributed by atoms with Crippen molar-refractivity contribution in [2.45, 2.75) is 6.42 Å². The molecule has 0 atom stereocenters. The van der Waals surface area contributed by atoms with Crippen molar-refractivity contribution >= 4 is 28.2 Å². The van der Waals surface area contributed by atoms with Gasteiger partial charge in [0.1, 0.15) is 5.75 Å². The number of rotatable bonds is 7. The normalized spacial score (nSPS) is 13.6. The fraction of sp³-hybridized carbons (Fsp3) is 0.250. The summed E-state index contributed by atoms with van der Waals surface area (Å²) in [7, 11) is 1.68. The molecule has 1 N–H and O–H groups in total. The monoisotopic (exact) mass is 467 g/mol. The zero-order valence-corrected chi connectivity index (χ0v) is 19.9. The molecule has 1 aliphatic heterocycles. The molecule has 0 radical (unpaired) electrons. The molecule has 0 unspecified atom stereocenters. The maximum Gasteiger partial charge on any atom is 0.272 e. The van der Waals surface area contributed by atoms with Crippen LogP contribution in [-0.2, 0) is 6.42 Å². The van der Waals surface area contributed by atoms with Crippen LogP contribution < -0.4 is 19.9 Å². The molecule has 5 rings (SSSR count). The molecule has 7 heteroatoms. The smallest absolute Gasteiger partial charge is 0.272 e. The fourth-order valence-electron chi connectivity index (χ4n) is 4.51. The van der Waals surface area contributed by atoms with Gasteiger partial charge in [-0.1, -0.05) is 54.6 Å². The molecule has 178 valence electrons. The van der Waals surface area contributed by atoms with Gasteiger partial charge >= 0.3 is 0 Å². The second kappa shape index (κ2) is 10.4. The molecule has 0 spiro atoms. The molecule has 7 nitrogen and oxygen atoms in total. The number of piperazine rings is 1. The number of ether oxygens (including phenoxy) is 1.